The van der Waals surface area contributed by atoms with Crippen LogP contribution in [0.5, 0.6) is 0 Å². The monoisotopic (exact) mass is 551 g/mol. The van der Waals surface area contributed by atoms with Crippen LogP contribution in [-0.2, 0) is 18.6 Å². The number of hydrogen-bond donors (Lipinski definition) is 1. The first kappa shape index (κ1) is 29.3. The largest absolute Gasteiger partial charge is 0.494 e. The molecule has 2 heterocycles. The van der Waals surface area contributed by atoms with Crippen LogP contribution in [0.25, 0.3) is 11.1 Å². The normalized spacial score (nSPS) is 19.5. The molecule has 0 saturated carbocycles. The van der Waals surface area contributed by atoms with E-state index in [1.54, 1.807) is 0 Å². The van der Waals surface area contributed by atoms with Gasteiger partial charge in [-0.25, -0.2) is 4.99 Å². The first-order chi connectivity index (χ1) is 19.2. The van der Waals surface area contributed by atoms with Gasteiger partial charge in [0.2, 0.25) is 0 Å². The van der Waals surface area contributed by atoms with E-state index < -0.39 is 31.0 Å². The Labute approximate surface area is 244 Å². The molecule has 0 spiro atoms. The lowest BCUT2D eigenvalue weighted by Gasteiger charge is -2.32. The summed E-state index contributed by atoms with van der Waals surface area (Å²) in [5, 5.41) is 9.11. The van der Waals surface area contributed by atoms with Gasteiger partial charge in [0.25, 0.3) is 0 Å². The lowest BCUT2D eigenvalue weighted by atomic mass is 9.71. The summed E-state index contributed by atoms with van der Waals surface area (Å²) in [7, 11) is 2.73. The van der Waals surface area contributed by atoms with Gasteiger partial charge in [-0.3, -0.25) is 5.41 Å². The maximum Gasteiger partial charge on any atom is 0.494 e. The Morgan fingerprint density at radius 1 is 0.732 bits per heavy atom. The average molecular weight is 551 g/mol. The molecule has 1 N–H and O–H groups in total. The molecule has 0 aromatic heterocycles. The van der Waals surface area contributed by atoms with Crippen molar-refractivity contribution in [1.82, 2.24) is 4.90 Å². The molecule has 0 aliphatic carbocycles. The van der Waals surface area contributed by atoms with Gasteiger partial charge < -0.3 is 23.5 Å². The van der Waals surface area contributed by atoms with E-state index in [0.29, 0.717) is 18.0 Å². The standard InChI is InChI=1S/C32H39B2N3O4/c1-30(2)21-38-33(39-30)26-18-25(19-27(20-26)34-40-31(3,4)32(5,6)41-34)28(35)36-29(37(7)8)24-16-12-15-23(17-24)22-13-10-9-11-14-22/h9-20,35H,21H2,1-8H3/b35-28?,36-29-. The smallest absolute Gasteiger partial charge is 0.404 e. The van der Waals surface area contributed by atoms with Gasteiger partial charge in [0.15, 0.2) is 5.84 Å². The molecule has 0 atom stereocenters. The molecule has 2 aliphatic heterocycles. The molecule has 0 radical (unpaired) electrons. The fourth-order valence-corrected chi connectivity index (χ4v) is 4.92. The van der Waals surface area contributed by atoms with Gasteiger partial charge >= 0.3 is 14.2 Å². The Kier molecular flexibility index (Phi) is 7.76. The number of hydrogen-bond acceptors (Lipinski definition) is 5. The third-order valence-electron chi connectivity index (χ3n) is 7.93. The molecule has 0 amide bonds. The molecule has 0 bridgehead atoms. The van der Waals surface area contributed by atoms with Gasteiger partial charge in [-0.15, -0.1) is 0 Å². The van der Waals surface area contributed by atoms with Crippen LogP contribution in [0.4, 0.5) is 0 Å². The van der Waals surface area contributed by atoms with Gasteiger partial charge in [0, 0.05) is 25.2 Å². The molecular formula is C32H39B2N3O4. The zero-order valence-corrected chi connectivity index (χ0v) is 25.3. The lowest BCUT2D eigenvalue weighted by molar-refractivity contribution is 0.00578. The first-order valence-electron chi connectivity index (χ1n) is 14.1. The Hall–Kier alpha value is -3.23. The van der Waals surface area contributed by atoms with Gasteiger partial charge in [0.1, 0.15) is 5.84 Å². The van der Waals surface area contributed by atoms with E-state index in [2.05, 4.69) is 24.3 Å². The Morgan fingerprint density at radius 2 is 1.34 bits per heavy atom. The van der Waals surface area contributed by atoms with Gasteiger partial charge in [-0.05, 0) is 69.7 Å². The average Bonchev–Trinajstić information content (AvgIpc) is 3.40. The van der Waals surface area contributed by atoms with Gasteiger partial charge in [-0.1, -0.05) is 66.7 Å². The fraction of sp³-hybridized carbons (Fsp3) is 0.375. The van der Waals surface area contributed by atoms with Gasteiger partial charge in [-0.2, -0.15) is 0 Å². The number of nitrogens with zero attached hydrogens (tertiary/aromatic N) is 2. The molecule has 2 saturated heterocycles. The minimum atomic E-state index is -0.597. The summed E-state index contributed by atoms with van der Waals surface area (Å²) in [5.41, 5.74) is 3.97. The maximum absolute atomic E-state index is 9.11. The van der Waals surface area contributed by atoms with Crippen molar-refractivity contribution in [2.24, 2.45) is 4.99 Å². The van der Waals surface area contributed by atoms with E-state index in [1.165, 1.54) is 0 Å². The molecule has 7 nitrogen and oxygen atoms in total. The van der Waals surface area contributed by atoms with Crippen molar-refractivity contribution in [3.8, 4) is 11.1 Å². The minimum Gasteiger partial charge on any atom is -0.404 e. The van der Waals surface area contributed by atoms with Crippen molar-refractivity contribution in [2.45, 2.75) is 58.3 Å². The highest BCUT2D eigenvalue weighted by molar-refractivity contribution is 6.66. The molecule has 9 heteroatoms. The highest BCUT2D eigenvalue weighted by Gasteiger charge is 2.52. The van der Waals surface area contributed by atoms with Crippen LogP contribution in [-0.4, -0.2) is 68.3 Å². The van der Waals surface area contributed by atoms with E-state index in [4.69, 9.17) is 29.0 Å². The fourth-order valence-electron chi connectivity index (χ4n) is 4.92. The third kappa shape index (κ3) is 6.19. The predicted octanol–water partition coefficient (Wildman–Crippen LogP) is 4.51. The summed E-state index contributed by atoms with van der Waals surface area (Å²) in [6.45, 7) is 12.6. The van der Waals surface area contributed by atoms with E-state index in [9.17, 15) is 0 Å². The summed E-state index contributed by atoms with van der Waals surface area (Å²) in [6.07, 6.45) is 0. The zero-order valence-electron chi connectivity index (χ0n) is 25.3. The van der Waals surface area contributed by atoms with Crippen LogP contribution >= 0.6 is 0 Å². The molecule has 41 heavy (non-hydrogen) atoms. The molecule has 2 aliphatic rings. The van der Waals surface area contributed by atoms with Gasteiger partial charge in [0.05, 0.1) is 23.4 Å². The summed E-state index contributed by atoms with van der Waals surface area (Å²) < 4.78 is 24.9. The number of amidine groups is 2. The topological polar surface area (TPSA) is 76.4 Å². The highest BCUT2D eigenvalue weighted by atomic mass is 16.7. The van der Waals surface area contributed by atoms with Crippen LogP contribution in [0.3, 0.4) is 0 Å². The molecule has 212 valence electrons. The minimum absolute atomic E-state index is 0.121. The number of nitrogens with one attached hydrogen (secondary N) is 1. The molecular weight excluding hydrogens is 512 g/mol. The van der Waals surface area contributed by atoms with Crippen molar-refractivity contribution in [1.29, 1.82) is 5.41 Å². The van der Waals surface area contributed by atoms with Crippen LogP contribution in [0.1, 0.15) is 52.7 Å². The lowest BCUT2D eigenvalue weighted by Crippen LogP contribution is -2.42. The summed E-state index contributed by atoms with van der Waals surface area (Å²) >= 11 is 0. The van der Waals surface area contributed by atoms with Crippen LogP contribution < -0.4 is 10.9 Å². The van der Waals surface area contributed by atoms with Crippen molar-refractivity contribution in [3.05, 3.63) is 83.9 Å². The van der Waals surface area contributed by atoms with Crippen LogP contribution in [0.2, 0.25) is 0 Å². The second kappa shape index (κ2) is 10.9. The molecule has 2 fully saturated rings. The van der Waals surface area contributed by atoms with Crippen LogP contribution in [0, 0.1) is 5.41 Å². The predicted molar refractivity (Wildman–Crippen MR) is 168 cm³/mol. The number of rotatable bonds is 5. The third-order valence-corrected chi connectivity index (χ3v) is 7.93. The number of aliphatic imine (C=N–C) groups is 1. The van der Waals surface area contributed by atoms with Crippen molar-refractivity contribution < 1.29 is 18.6 Å². The summed E-state index contributed by atoms with van der Waals surface area (Å²) in [4.78, 5) is 6.77. The molecule has 3 aromatic rings. The highest BCUT2D eigenvalue weighted by Crippen LogP contribution is 2.36. The molecule has 5 rings (SSSR count). The SMILES string of the molecule is CN(C)/C(=N\C(=N)c1cc(B2OCC(C)(C)O2)cc(B2OC(C)(C)C(C)(C)O2)c1)c1cccc(-c2ccccc2)c1. The van der Waals surface area contributed by atoms with E-state index >= 15 is 0 Å². The Morgan fingerprint density at radius 3 is 1.93 bits per heavy atom. The zero-order chi connectivity index (χ0) is 29.6. The second-order valence-electron chi connectivity index (χ2n) is 12.6. The summed E-state index contributed by atoms with van der Waals surface area (Å²) in [6, 6.07) is 24.3. The Bertz CT molecular complexity index is 1450. The van der Waals surface area contributed by atoms with Crippen LogP contribution in [0.15, 0.2) is 77.8 Å². The van der Waals surface area contributed by atoms with E-state index in [-0.39, 0.29) is 5.84 Å². The maximum atomic E-state index is 9.11. The molecule has 3 aromatic carbocycles. The first-order valence-corrected chi connectivity index (χ1v) is 14.1. The quantitative estimate of drug-likeness (QED) is 0.287. The van der Waals surface area contributed by atoms with Crippen molar-refractivity contribution in [2.75, 3.05) is 20.7 Å². The number of benzene rings is 3. The van der Waals surface area contributed by atoms with E-state index in [0.717, 1.165) is 27.6 Å². The molecule has 0 unspecified atom stereocenters. The van der Waals surface area contributed by atoms with E-state index in [1.807, 2.05) is 109 Å². The van der Waals surface area contributed by atoms with Crippen molar-refractivity contribution >= 4 is 36.8 Å². The second-order valence-corrected chi connectivity index (χ2v) is 12.6. The van der Waals surface area contributed by atoms with Crippen molar-refractivity contribution in [3.63, 3.8) is 0 Å². The Balaban J connectivity index is 1.54. The summed E-state index contributed by atoms with van der Waals surface area (Å²) in [5.74, 6) is 0.806.